The molecule has 0 bridgehead atoms. The summed E-state index contributed by atoms with van der Waals surface area (Å²) in [6.07, 6.45) is 2.72. The van der Waals surface area contributed by atoms with Gasteiger partial charge < -0.3 is 4.90 Å². The zero-order chi connectivity index (χ0) is 26.5. The second kappa shape index (κ2) is 11.9. The van der Waals surface area contributed by atoms with Crippen molar-refractivity contribution in [1.82, 2.24) is 24.3 Å². The molecule has 1 aromatic heterocycles. The second-order valence-corrected chi connectivity index (χ2v) is 10.5. The molecule has 196 valence electrons. The van der Waals surface area contributed by atoms with Crippen LogP contribution >= 0.6 is 12.2 Å². The summed E-state index contributed by atoms with van der Waals surface area (Å²) in [5, 5.41) is 20.6. The largest absolute Gasteiger partial charge is 0.304 e. The van der Waals surface area contributed by atoms with E-state index in [1.807, 2.05) is 4.68 Å². The van der Waals surface area contributed by atoms with Crippen LogP contribution in [0.2, 0.25) is 0 Å². The van der Waals surface area contributed by atoms with Crippen LogP contribution in [0.5, 0.6) is 0 Å². The Balaban J connectivity index is 1.65. The molecule has 4 rings (SSSR count). The first-order valence-electron chi connectivity index (χ1n) is 12.7. The molecule has 37 heavy (non-hydrogen) atoms. The van der Waals surface area contributed by atoms with Crippen molar-refractivity contribution in [3.05, 3.63) is 85.9 Å². The predicted octanol–water partition coefficient (Wildman–Crippen LogP) is 4.76. The Bertz CT molecular complexity index is 1290. The van der Waals surface area contributed by atoms with E-state index in [9.17, 15) is 10.1 Å². The summed E-state index contributed by atoms with van der Waals surface area (Å²) in [4.78, 5) is 15.2. The zero-order valence-electron chi connectivity index (χ0n) is 21.9. The predicted molar refractivity (Wildman–Crippen MR) is 149 cm³/mol. The van der Waals surface area contributed by atoms with Gasteiger partial charge in [-0.05, 0) is 60.4 Å². The van der Waals surface area contributed by atoms with Gasteiger partial charge in [0.05, 0.1) is 17.8 Å². The van der Waals surface area contributed by atoms with Crippen molar-refractivity contribution in [1.29, 1.82) is 0 Å². The number of rotatable bonds is 9. The highest BCUT2D eigenvalue weighted by molar-refractivity contribution is 7.71. The van der Waals surface area contributed by atoms with Crippen LogP contribution in [0.4, 0.5) is 5.69 Å². The van der Waals surface area contributed by atoms with Crippen molar-refractivity contribution in [3.63, 3.8) is 0 Å². The molecule has 2 heterocycles. The van der Waals surface area contributed by atoms with Crippen LogP contribution in [-0.4, -0.2) is 68.6 Å². The van der Waals surface area contributed by atoms with Crippen LogP contribution < -0.4 is 0 Å². The highest BCUT2D eigenvalue weighted by Crippen LogP contribution is 2.25. The third kappa shape index (κ3) is 6.76. The van der Waals surface area contributed by atoms with E-state index in [0.29, 0.717) is 17.4 Å². The summed E-state index contributed by atoms with van der Waals surface area (Å²) in [7, 11) is 2.14. The van der Waals surface area contributed by atoms with Gasteiger partial charge in [0.25, 0.3) is 5.69 Å². The third-order valence-corrected chi connectivity index (χ3v) is 7.09. The Morgan fingerprint density at radius 2 is 1.70 bits per heavy atom. The third-order valence-electron chi connectivity index (χ3n) is 6.71. The smallest absolute Gasteiger partial charge is 0.269 e. The van der Waals surface area contributed by atoms with Crippen molar-refractivity contribution in [2.24, 2.45) is 11.0 Å². The van der Waals surface area contributed by atoms with Crippen molar-refractivity contribution < 1.29 is 4.92 Å². The Kier molecular flexibility index (Phi) is 8.63. The molecule has 1 fully saturated rings. The van der Waals surface area contributed by atoms with E-state index in [4.69, 9.17) is 17.3 Å². The number of hydrogen-bond acceptors (Lipinski definition) is 7. The maximum atomic E-state index is 11.0. The molecule has 1 atom stereocenters. The van der Waals surface area contributed by atoms with E-state index in [1.165, 1.54) is 17.7 Å². The van der Waals surface area contributed by atoms with Gasteiger partial charge in [0.1, 0.15) is 0 Å². The molecule has 1 aliphatic rings. The van der Waals surface area contributed by atoms with Gasteiger partial charge >= 0.3 is 0 Å². The van der Waals surface area contributed by atoms with Gasteiger partial charge in [-0.15, -0.1) is 0 Å². The van der Waals surface area contributed by atoms with Crippen molar-refractivity contribution in [2.75, 3.05) is 33.2 Å². The minimum absolute atomic E-state index is 0.0300. The Morgan fingerprint density at radius 3 is 2.30 bits per heavy atom. The van der Waals surface area contributed by atoms with Gasteiger partial charge in [-0.3, -0.25) is 15.0 Å². The average Bonchev–Trinajstić information content (AvgIpc) is 3.18. The van der Waals surface area contributed by atoms with Crippen molar-refractivity contribution in [3.8, 4) is 0 Å². The number of aromatic nitrogens is 3. The molecule has 1 unspecified atom stereocenters. The molecule has 0 radical (unpaired) electrons. The van der Waals surface area contributed by atoms with Crippen LogP contribution in [0.25, 0.3) is 0 Å². The van der Waals surface area contributed by atoms with Gasteiger partial charge in [0.2, 0.25) is 4.77 Å². The van der Waals surface area contributed by atoms with Crippen molar-refractivity contribution >= 4 is 24.1 Å². The Labute approximate surface area is 223 Å². The number of benzene rings is 2. The molecule has 0 saturated carbocycles. The lowest BCUT2D eigenvalue weighted by Gasteiger charge is -2.31. The maximum Gasteiger partial charge on any atom is 0.269 e. The zero-order valence-corrected chi connectivity index (χ0v) is 22.8. The summed E-state index contributed by atoms with van der Waals surface area (Å²) in [5.41, 5.74) is 3.26. The highest BCUT2D eigenvalue weighted by Gasteiger charge is 2.21. The molecule has 0 aliphatic carbocycles. The quantitative estimate of drug-likeness (QED) is 0.175. The van der Waals surface area contributed by atoms with Gasteiger partial charge in [0.15, 0.2) is 5.82 Å². The van der Waals surface area contributed by atoms with Crippen molar-refractivity contribution in [2.45, 2.75) is 39.8 Å². The fourth-order valence-corrected chi connectivity index (χ4v) is 4.67. The summed E-state index contributed by atoms with van der Waals surface area (Å²) < 4.78 is 4.10. The Hall–Kier alpha value is -3.21. The van der Waals surface area contributed by atoms with Gasteiger partial charge in [0, 0.05) is 44.2 Å². The van der Waals surface area contributed by atoms with Crippen LogP contribution in [0.15, 0.2) is 53.6 Å². The SMILES string of the molecule is CC(C)Cc1ccc(C(C)c2nn(CN3CCN(C)CC3)c(=S)n2/N=C/c2ccc([N+](=O)[O-])cc2)cc1. The second-order valence-electron chi connectivity index (χ2n) is 10.2. The summed E-state index contributed by atoms with van der Waals surface area (Å²) >= 11 is 5.84. The maximum absolute atomic E-state index is 11.0. The minimum atomic E-state index is -0.411. The molecule has 0 N–H and O–H groups in total. The first kappa shape index (κ1) is 26.8. The number of non-ortho nitro benzene ring substituents is 1. The normalized spacial score (nSPS) is 16.0. The lowest BCUT2D eigenvalue weighted by Crippen LogP contribution is -2.45. The number of piperazine rings is 1. The first-order valence-corrected chi connectivity index (χ1v) is 13.1. The number of likely N-dealkylation sites (N-methyl/N-ethyl adjacent to an activating group) is 1. The summed E-state index contributed by atoms with van der Waals surface area (Å²) in [6, 6.07) is 15.0. The lowest BCUT2D eigenvalue weighted by molar-refractivity contribution is -0.384. The number of hydrogen-bond donors (Lipinski definition) is 0. The van der Waals surface area contributed by atoms with E-state index in [2.05, 4.69) is 67.0 Å². The van der Waals surface area contributed by atoms with Gasteiger partial charge in [-0.1, -0.05) is 45.0 Å². The number of nitrogens with zero attached hydrogens (tertiary/aromatic N) is 7. The molecule has 2 aromatic carbocycles. The Morgan fingerprint density at radius 1 is 1.05 bits per heavy atom. The van der Waals surface area contributed by atoms with Crippen LogP contribution in [0.3, 0.4) is 0 Å². The first-order chi connectivity index (χ1) is 17.7. The van der Waals surface area contributed by atoms with Crippen LogP contribution in [-0.2, 0) is 13.1 Å². The van der Waals surface area contributed by atoms with E-state index < -0.39 is 4.92 Å². The molecular weight excluding hydrogens is 486 g/mol. The highest BCUT2D eigenvalue weighted by atomic mass is 32.1. The van der Waals surface area contributed by atoms with E-state index in [0.717, 1.165) is 49.6 Å². The molecule has 0 spiro atoms. The fourth-order valence-electron chi connectivity index (χ4n) is 4.43. The molecule has 1 saturated heterocycles. The fraction of sp³-hybridized carbons (Fsp3) is 0.444. The standard InChI is InChI=1S/C27H35N7O2S/c1-20(2)17-22-5-9-24(10-6-22)21(3)26-29-32(19-31-15-13-30(4)14-16-31)27(37)33(26)28-18-23-7-11-25(12-8-23)34(35)36/h5-12,18,20-21H,13-17,19H2,1-4H3/b28-18+. The van der Waals surface area contributed by atoms with Gasteiger partial charge in [-0.2, -0.15) is 14.9 Å². The van der Waals surface area contributed by atoms with Crippen LogP contribution in [0.1, 0.15) is 49.2 Å². The van der Waals surface area contributed by atoms with Gasteiger partial charge in [-0.25, -0.2) is 4.68 Å². The monoisotopic (exact) mass is 521 g/mol. The molecule has 10 heteroatoms. The molecule has 1 aliphatic heterocycles. The number of nitro groups is 1. The van der Waals surface area contributed by atoms with E-state index in [-0.39, 0.29) is 11.6 Å². The topological polar surface area (TPSA) is 84.7 Å². The minimum Gasteiger partial charge on any atom is -0.304 e. The lowest BCUT2D eigenvalue weighted by atomic mass is 9.96. The van der Waals surface area contributed by atoms with E-state index in [1.54, 1.807) is 23.0 Å². The number of nitro benzene ring substituents is 1. The average molecular weight is 522 g/mol. The van der Waals surface area contributed by atoms with Crippen LogP contribution in [0, 0.1) is 20.8 Å². The summed E-state index contributed by atoms with van der Waals surface area (Å²) in [5.74, 6) is 1.33. The molecule has 9 nitrogen and oxygen atoms in total. The molecule has 3 aromatic rings. The molecular formula is C27H35N7O2S. The van der Waals surface area contributed by atoms with E-state index >= 15 is 0 Å². The molecule has 0 amide bonds. The summed E-state index contributed by atoms with van der Waals surface area (Å²) in [6.45, 7) is 11.1.